The van der Waals surface area contributed by atoms with Gasteiger partial charge >= 0.3 is 0 Å². The SMILES string of the molecule is COc1ccc(N2CCN(C(=O)Cn3c(-c4ccc(F)cc4)nc(C)cc3=O)CC2)cc1. The molecule has 1 aliphatic rings. The summed E-state index contributed by atoms with van der Waals surface area (Å²) in [5.74, 6) is 0.647. The number of amides is 1. The third-order valence-corrected chi connectivity index (χ3v) is 5.60. The van der Waals surface area contributed by atoms with Crippen molar-refractivity contribution in [2.45, 2.75) is 13.5 Å². The number of halogens is 1. The Labute approximate surface area is 185 Å². The lowest BCUT2D eigenvalue weighted by molar-refractivity contribution is -0.132. The van der Waals surface area contributed by atoms with Gasteiger partial charge in [0.2, 0.25) is 5.91 Å². The van der Waals surface area contributed by atoms with Crippen molar-refractivity contribution in [2.75, 3.05) is 38.2 Å². The van der Waals surface area contributed by atoms with Crippen molar-refractivity contribution in [1.29, 1.82) is 0 Å². The van der Waals surface area contributed by atoms with Crippen LogP contribution in [0.25, 0.3) is 11.4 Å². The minimum atomic E-state index is -0.374. The number of benzene rings is 2. The summed E-state index contributed by atoms with van der Waals surface area (Å²) < 4.78 is 19.9. The summed E-state index contributed by atoms with van der Waals surface area (Å²) in [7, 11) is 1.63. The van der Waals surface area contributed by atoms with Crippen molar-refractivity contribution >= 4 is 11.6 Å². The van der Waals surface area contributed by atoms with Crippen molar-refractivity contribution in [3.63, 3.8) is 0 Å². The fourth-order valence-electron chi connectivity index (χ4n) is 3.84. The molecular weight excluding hydrogens is 411 g/mol. The molecule has 0 saturated carbocycles. The Balaban J connectivity index is 1.47. The number of carbonyl (C=O) groups excluding carboxylic acids is 1. The van der Waals surface area contributed by atoms with E-state index in [1.165, 1.54) is 22.8 Å². The highest BCUT2D eigenvalue weighted by molar-refractivity contribution is 5.77. The number of piperazine rings is 1. The smallest absolute Gasteiger partial charge is 0.254 e. The first-order chi connectivity index (χ1) is 15.4. The third kappa shape index (κ3) is 4.64. The van der Waals surface area contributed by atoms with Gasteiger partial charge in [0.05, 0.1) is 7.11 Å². The maximum Gasteiger partial charge on any atom is 0.254 e. The molecule has 0 aliphatic carbocycles. The molecule has 3 aromatic rings. The number of nitrogens with zero attached hydrogens (tertiary/aromatic N) is 4. The normalized spacial score (nSPS) is 13.8. The van der Waals surface area contributed by atoms with Gasteiger partial charge in [-0.15, -0.1) is 0 Å². The molecule has 7 nitrogen and oxygen atoms in total. The fourth-order valence-corrected chi connectivity index (χ4v) is 3.84. The Morgan fingerprint density at radius 2 is 1.69 bits per heavy atom. The number of aryl methyl sites for hydroxylation is 1. The summed E-state index contributed by atoms with van der Waals surface area (Å²) in [5.41, 5.74) is 1.91. The minimum absolute atomic E-state index is 0.110. The molecule has 32 heavy (non-hydrogen) atoms. The molecule has 2 aromatic carbocycles. The summed E-state index contributed by atoms with van der Waals surface area (Å²) in [6.07, 6.45) is 0. The molecule has 0 spiro atoms. The summed E-state index contributed by atoms with van der Waals surface area (Å²) in [6, 6.07) is 15.0. The van der Waals surface area contributed by atoms with E-state index in [0.717, 1.165) is 11.4 Å². The van der Waals surface area contributed by atoms with E-state index in [-0.39, 0.29) is 23.8 Å². The van der Waals surface area contributed by atoms with Crippen molar-refractivity contribution < 1.29 is 13.9 Å². The largest absolute Gasteiger partial charge is 0.497 e. The molecule has 0 atom stereocenters. The lowest BCUT2D eigenvalue weighted by Gasteiger charge is -2.36. The maximum absolute atomic E-state index is 13.3. The Bertz CT molecular complexity index is 1150. The van der Waals surface area contributed by atoms with Gasteiger partial charge in [-0.1, -0.05) is 0 Å². The van der Waals surface area contributed by atoms with Crippen LogP contribution in [0, 0.1) is 12.7 Å². The highest BCUT2D eigenvalue weighted by Crippen LogP contribution is 2.21. The van der Waals surface area contributed by atoms with E-state index in [1.54, 1.807) is 31.1 Å². The summed E-state index contributed by atoms with van der Waals surface area (Å²) in [6.45, 7) is 4.13. The molecule has 1 fully saturated rings. The molecule has 1 aromatic heterocycles. The van der Waals surface area contributed by atoms with E-state index in [4.69, 9.17) is 4.74 Å². The van der Waals surface area contributed by atoms with Gasteiger partial charge in [-0.2, -0.15) is 0 Å². The van der Waals surface area contributed by atoms with Gasteiger partial charge in [0.15, 0.2) is 0 Å². The van der Waals surface area contributed by atoms with Crippen LogP contribution in [-0.4, -0.2) is 53.6 Å². The number of rotatable bonds is 5. The van der Waals surface area contributed by atoms with Crippen molar-refractivity contribution in [3.05, 3.63) is 76.5 Å². The van der Waals surface area contributed by atoms with Crippen LogP contribution in [0.2, 0.25) is 0 Å². The van der Waals surface area contributed by atoms with Crippen LogP contribution in [0.1, 0.15) is 5.69 Å². The zero-order chi connectivity index (χ0) is 22.7. The number of hydrogen-bond donors (Lipinski definition) is 0. The molecule has 4 rings (SSSR count). The second-order valence-electron chi connectivity index (χ2n) is 7.72. The van der Waals surface area contributed by atoms with Gasteiger partial charge in [-0.3, -0.25) is 14.2 Å². The van der Waals surface area contributed by atoms with Crippen LogP contribution in [0.3, 0.4) is 0 Å². The van der Waals surface area contributed by atoms with Gasteiger partial charge in [0.1, 0.15) is 23.9 Å². The lowest BCUT2D eigenvalue weighted by Crippen LogP contribution is -2.50. The topological polar surface area (TPSA) is 67.7 Å². The standard InChI is InChI=1S/C24H25FN4O3/c1-17-15-22(30)29(24(26-17)18-3-5-19(25)6-4-18)16-23(31)28-13-11-27(12-14-28)20-7-9-21(32-2)10-8-20/h3-10,15H,11-14,16H2,1-2H3. The molecule has 0 bridgehead atoms. The Morgan fingerprint density at radius 3 is 2.31 bits per heavy atom. The van der Waals surface area contributed by atoms with Gasteiger partial charge in [-0.25, -0.2) is 9.37 Å². The van der Waals surface area contributed by atoms with Gasteiger partial charge < -0.3 is 14.5 Å². The Morgan fingerprint density at radius 1 is 1.03 bits per heavy atom. The maximum atomic E-state index is 13.3. The van der Waals surface area contributed by atoms with Crippen LogP contribution in [0.5, 0.6) is 5.75 Å². The zero-order valence-electron chi connectivity index (χ0n) is 18.1. The molecule has 1 saturated heterocycles. The number of methoxy groups -OCH3 is 1. The van der Waals surface area contributed by atoms with E-state index < -0.39 is 0 Å². The predicted molar refractivity (Wildman–Crippen MR) is 120 cm³/mol. The van der Waals surface area contributed by atoms with Gasteiger partial charge in [0, 0.05) is 49.2 Å². The first-order valence-corrected chi connectivity index (χ1v) is 10.5. The highest BCUT2D eigenvalue weighted by Gasteiger charge is 2.23. The Kier molecular flexibility index (Phi) is 6.20. The van der Waals surface area contributed by atoms with Crippen LogP contribution >= 0.6 is 0 Å². The molecule has 0 N–H and O–H groups in total. The third-order valence-electron chi connectivity index (χ3n) is 5.60. The minimum Gasteiger partial charge on any atom is -0.497 e. The quantitative estimate of drug-likeness (QED) is 0.615. The van der Waals surface area contributed by atoms with Crippen molar-refractivity contribution in [3.8, 4) is 17.1 Å². The summed E-state index contributed by atoms with van der Waals surface area (Å²) >= 11 is 0. The predicted octanol–water partition coefficient (Wildman–Crippen LogP) is 2.72. The van der Waals surface area contributed by atoms with Crippen LogP contribution in [0.15, 0.2) is 59.4 Å². The molecule has 2 heterocycles. The van der Waals surface area contributed by atoms with Gasteiger partial charge in [0.25, 0.3) is 5.56 Å². The van der Waals surface area contributed by atoms with E-state index in [1.807, 2.05) is 24.3 Å². The van der Waals surface area contributed by atoms with Crippen LogP contribution in [-0.2, 0) is 11.3 Å². The Hall–Kier alpha value is -3.68. The first-order valence-electron chi connectivity index (χ1n) is 10.5. The van der Waals surface area contributed by atoms with E-state index in [0.29, 0.717) is 43.3 Å². The number of aromatic nitrogens is 2. The number of anilines is 1. The molecule has 0 radical (unpaired) electrons. The molecule has 166 valence electrons. The van der Waals surface area contributed by atoms with E-state index in [2.05, 4.69) is 9.88 Å². The summed E-state index contributed by atoms with van der Waals surface area (Å²) in [4.78, 5) is 34.1. The second-order valence-corrected chi connectivity index (χ2v) is 7.72. The van der Waals surface area contributed by atoms with E-state index in [9.17, 15) is 14.0 Å². The van der Waals surface area contributed by atoms with Gasteiger partial charge in [-0.05, 0) is 55.5 Å². The number of ether oxygens (including phenoxy) is 1. The van der Waals surface area contributed by atoms with Crippen molar-refractivity contribution in [2.24, 2.45) is 0 Å². The number of carbonyl (C=O) groups is 1. The number of hydrogen-bond acceptors (Lipinski definition) is 5. The zero-order valence-corrected chi connectivity index (χ0v) is 18.1. The fraction of sp³-hybridized carbons (Fsp3) is 0.292. The van der Waals surface area contributed by atoms with Crippen molar-refractivity contribution in [1.82, 2.24) is 14.5 Å². The average molecular weight is 436 g/mol. The second kappa shape index (κ2) is 9.21. The first kappa shape index (κ1) is 21.5. The molecule has 1 aliphatic heterocycles. The highest BCUT2D eigenvalue weighted by atomic mass is 19.1. The molecular formula is C24H25FN4O3. The summed E-state index contributed by atoms with van der Waals surface area (Å²) in [5, 5.41) is 0. The van der Waals surface area contributed by atoms with E-state index >= 15 is 0 Å². The molecule has 1 amide bonds. The lowest BCUT2D eigenvalue weighted by atomic mass is 10.2. The van der Waals surface area contributed by atoms with Crippen LogP contribution < -0.4 is 15.2 Å². The monoisotopic (exact) mass is 436 g/mol. The molecule has 0 unspecified atom stereocenters. The van der Waals surface area contributed by atoms with Crippen LogP contribution in [0.4, 0.5) is 10.1 Å². The average Bonchev–Trinajstić information content (AvgIpc) is 2.81. The molecule has 8 heteroatoms.